The molecule has 0 atom stereocenters. The lowest BCUT2D eigenvalue weighted by atomic mass is 9.68. The van der Waals surface area contributed by atoms with E-state index < -0.39 is 11.6 Å². The molecule has 112 valence electrons. The molecule has 2 rings (SSSR count). The maximum Gasteiger partial charge on any atom is 0.396 e. The standard InChI is InChI=1S/C11H18F3N3O.HI/c12-11(13,14)10(2-1-3-10)8-16-9(15)17-4-6-18-7-5-17;/h1-8H2,(H2,15,16);1H. The van der Waals surface area contributed by atoms with Gasteiger partial charge in [-0.25, -0.2) is 0 Å². The summed E-state index contributed by atoms with van der Waals surface area (Å²) in [6, 6.07) is 0. The number of hydrogen-bond acceptors (Lipinski definition) is 2. The summed E-state index contributed by atoms with van der Waals surface area (Å²) in [4.78, 5) is 5.72. The maximum atomic E-state index is 12.9. The van der Waals surface area contributed by atoms with Gasteiger partial charge >= 0.3 is 6.18 Å². The average Bonchev–Trinajstić information content (AvgIpc) is 2.26. The van der Waals surface area contributed by atoms with Crippen molar-refractivity contribution in [3.05, 3.63) is 0 Å². The van der Waals surface area contributed by atoms with Gasteiger partial charge in [-0.15, -0.1) is 24.0 Å². The van der Waals surface area contributed by atoms with Crippen molar-refractivity contribution in [2.45, 2.75) is 25.4 Å². The van der Waals surface area contributed by atoms with E-state index in [-0.39, 0.29) is 49.3 Å². The first-order chi connectivity index (χ1) is 8.45. The Kier molecular flexibility index (Phi) is 5.72. The zero-order chi connectivity index (χ0) is 13.2. The van der Waals surface area contributed by atoms with E-state index >= 15 is 0 Å². The third-order valence-corrected chi connectivity index (χ3v) is 3.79. The molecule has 2 fully saturated rings. The number of aliphatic imine (C=N–C) groups is 1. The fraction of sp³-hybridized carbons (Fsp3) is 0.909. The minimum absolute atomic E-state index is 0. The maximum absolute atomic E-state index is 12.9. The topological polar surface area (TPSA) is 50.8 Å². The highest BCUT2D eigenvalue weighted by Crippen LogP contribution is 2.53. The molecule has 1 saturated heterocycles. The number of nitrogens with zero attached hydrogens (tertiary/aromatic N) is 2. The van der Waals surface area contributed by atoms with Gasteiger partial charge in [0.05, 0.1) is 25.2 Å². The van der Waals surface area contributed by atoms with E-state index in [0.717, 1.165) is 0 Å². The van der Waals surface area contributed by atoms with Crippen molar-refractivity contribution in [2.75, 3.05) is 32.8 Å². The van der Waals surface area contributed by atoms with Crippen molar-refractivity contribution < 1.29 is 17.9 Å². The second-order valence-electron chi connectivity index (χ2n) is 4.91. The van der Waals surface area contributed by atoms with Crippen LogP contribution in [0.1, 0.15) is 19.3 Å². The van der Waals surface area contributed by atoms with Crippen LogP contribution in [0.15, 0.2) is 4.99 Å². The summed E-state index contributed by atoms with van der Waals surface area (Å²) in [5.74, 6) is 0.203. The van der Waals surface area contributed by atoms with Crippen molar-refractivity contribution in [1.29, 1.82) is 0 Å². The highest BCUT2D eigenvalue weighted by atomic mass is 127. The van der Waals surface area contributed by atoms with Gasteiger partial charge in [0.15, 0.2) is 5.96 Å². The van der Waals surface area contributed by atoms with E-state index in [0.29, 0.717) is 32.7 Å². The second kappa shape index (κ2) is 6.47. The molecule has 0 unspecified atom stereocenters. The van der Waals surface area contributed by atoms with Gasteiger partial charge in [0, 0.05) is 13.1 Å². The fourth-order valence-electron chi connectivity index (χ4n) is 2.26. The summed E-state index contributed by atoms with van der Waals surface area (Å²) in [7, 11) is 0. The van der Waals surface area contributed by atoms with Gasteiger partial charge in [0.2, 0.25) is 0 Å². The van der Waals surface area contributed by atoms with Gasteiger partial charge in [-0.3, -0.25) is 4.99 Å². The Balaban J connectivity index is 0.00000180. The Morgan fingerprint density at radius 1 is 1.26 bits per heavy atom. The third-order valence-electron chi connectivity index (χ3n) is 3.79. The van der Waals surface area contributed by atoms with Gasteiger partial charge in [-0.2, -0.15) is 13.2 Å². The number of nitrogens with two attached hydrogens (primary N) is 1. The molecule has 0 aromatic heterocycles. The number of alkyl halides is 3. The van der Waals surface area contributed by atoms with Crippen LogP contribution in [0.4, 0.5) is 13.2 Å². The zero-order valence-corrected chi connectivity index (χ0v) is 12.9. The van der Waals surface area contributed by atoms with Crippen molar-refractivity contribution in [3.8, 4) is 0 Å². The monoisotopic (exact) mass is 393 g/mol. The number of ether oxygens (including phenoxy) is 1. The lowest BCUT2D eigenvalue weighted by Gasteiger charge is -2.42. The molecular formula is C11H19F3IN3O. The Morgan fingerprint density at radius 2 is 1.84 bits per heavy atom. The van der Waals surface area contributed by atoms with Gasteiger partial charge < -0.3 is 15.4 Å². The highest BCUT2D eigenvalue weighted by molar-refractivity contribution is 14.0. The lowest BCUT2D eigenvalue weighted by molar-refractivity contribution is -0.246. The van der Waals surface area contributed by atoms with Crippen LogP contribution in [0.3, 0.4) is 0 Å². The molecule has 8 heteroatoms. The minimum atomic E-state index is -4.18. The Labute approximate surface area is 127 Å². The zero-order valence-electron chi connectivity index (χ0n) is 10.6. The highest BCUT2D eigenvalue weighted by Gasteiger charge is 2.58. The number of halogens is 4. The van der Waals surface area contributed by atoms with Crippen molar-refractivity contribution >= 4 is 29.9 Å². The average molecular weight is 393 g/mol. The largest absolute Gasteiger partial charge is 0.396 e. The molecule has 0 radical (unpaired) electrons. The molecule has 2 N–H and O–H groups in total. The van der Waals surface area contributed by atoms with Crippen LogP contribution in [0.25, 0.3) is 0 Å². The number of guanidine groups is 1. The summed E-state index contributed by atoms with van der Waals surface area (Å²) in [6.45, 7) is 2.02. The number of morpholine rings is 1. The van der Waals surface area contributed by atoms with Crippen LogP contribution in [-0.4, -0.2) is 49.9 Å². The van der Waals surface area contributed by atoms with Crippen molar-refractivity contribution in [1.82, 2.24) is 4.90 Å². The lowest BCUT2D eigenvalue weighted by Crippen LogP contribution is -2.48. The van der Waals surface area contributed by atoms with Crippen LogP contribution >= 0.6 is 24.0 Å². The number of hydrogen-bond donors (Lipinski definition) is 1. The van der Waals surface area contributed by atoms with E-state index in [4.69, 9.17) is 10.5 Å². The first-order valence-electron chi connectivity index (χ1n) is 6.14. The summed E-state index contributed by atoms with van der Waals surface area (Å²) in [5, 5.41) is 0. The van der Waals surface area contributed by atoms with Gasteiger partial charge in [-0.1, -0.05) is 6.42 Å². The second-order valence-corrected chi connectivity index (χ2v) is 4.91. The molecule has 0 spiro atoms. The summed E-state index contributed by atoms with van der Waals surface area (Å²) in [5.41, 5.74) is 4.10. The first kappa shape index (κ1) is 16.8. The summed E-state index contributed by atoms with van der Waals surface area (Å²) < 4.78 is 43.9. The fourth-order valence-corrected chi connectivity index (χ4v) is 2.26. The Bertz CT molecular complexity index is 326. The molecule has 1 aliphatic carbocycles. The Hall–Kier alpha value is -0.250. The third kappa shape index (κ3) is 3.65. The molecule has 19 heavy (non-hydrogen) atoms. The van der Waals surface area contributed by atoms with Crippen LogP contribution < -0.4 is 5.73 Å². The van der Waals surface area contributed by atoms with E-state index in [1.54, 1.807) is 4.90 Å². The van der Waals surface area contributed by atoms with Crippen LogP contribution in [-0.2, 0) is 4.74 Å². The summed E-state index contributed by atoms with van der Waals surface area (Å²) in [6.07, 6.45) is -3.24. The smallest absolute Gasteiger partial charge is 0.378 e. The van der Waals surface area contributed by atoms with Crippen LogP contribution in [0.2, 0.25) is 0 Å². The SMILES string of the molecule is I.NC(=NCC1(C(F)(F)F)CCC1)N1CCOCC1. The number of rotatable bonds is 2. The molecular weight excluding hydrogens is 374 g/mol. The molecule has 0 amide bonds. The normalized spacial score (nSPS) is 23.5. The molecule has 0 bridgehead atoms. The van der Waals surface area contributed by atoms with Crippen LogP contribution in [0.5, 0.6) is 0 Å². The predicted octanol–water partition coefficient (Wildman–Crippen LogP) is 1.98. The van der Waals surface area contributed by atoms with E-state index in [2.05, 4.69) is 4.99 Å². The predicted molar refractivity (Wildman–Crippen MR) is 76.6 cm³/mol. The first-order valence-corrected chi connectivity index (χ1v) is 6.14. The summed E-state index contributed by atoms with van der Waals surface area (Å²) >= 11 is 0. The van der Waals surface area contributed by atoms with Crippen molar-refractivity contribution in [2.24, 2.45) is 16.1 Å². The molecule has 0 aromatic rings. The molecule has 1 aliphatic heterocycles. The molecule has 0 aromatic carbocycles. The van der Waals surface area contributed by atoms with Gasteiger partial charge in [-0.05, 0) is 12.8 Å². The van der Waals surface area contributed by atoms with E-state index in [1.807, 2.05) is 0 Å². The van der Waals surface area contributed by atoms with Gasteiger partial charge in [0.25, 0.3) is 0 Å². The molecule has 1 saturated carbocycles. The minimum Gasteiger partial charge on any atom is -0.378 e. The molecule has 4 nitrogen and oxygen atoms in total. The quantitative estimate of drug-likeness (QED) is 0.444. The van der Waals surface area contributed by atoms with Crippen molar-refractivity contribution in [3.63, 3.8) is 0 Å². The van der Waals surface area contributed by atoms with E-state index in [1.165, 1.54) is 0 Å². The van der Waals surface area contributed by atoms with E-state index in [9.17, 15) is 13.2 Å². The Morgan fingerprint density at radius 3 is 2.26 bits per heavy atom. The van der Waals surface area contributed by atoms with Gasteiger partial charge in [0.1, 0.15) is 0 Å². The van der Waals surface area contributed by atoms with Crippen LogP contribution in [0, 0.1) is 5.41 Å². The molecule has 1 heterocycles. The molecule has 2 aliphatic rings.